The summed E-state index contributed by atoms with van der Waals surface area (Å²) in [6.45, 7) is 0. The van der Waals surface area contributed by atoms with Crippen molar-refractivity contribution < 1.29 is 4.79 Å². The first-order valence-electron chi connectivity index (χ1n) is 7.46. The molecule has 0 fully saturated rings. The highest BCUT2D eigenvalue weighted by Gasteiger charge is 2.10. The van der Waals surface area contributed by atoms with E-state index in [1.807, 2.05) is 72.8 Å². The molecule has 0 spiro atoms. The number of benzene rings is 3. The molecule has 4 rings (SSSR count). The van der Waals surface area contributed by atoms with Gasteiger partial charge in [0.05, 0.1) is 5.52 Å². The first-order chi connectivity index (χ1) is 11.3. The van der Waals surface area contributed by atoms with Crippen LogP contribution >= 0.6 is 0 Å². The number of carbonyl (C=O) groups excluding carboxylic acids is 1. The zero-order valence-corrected chi connectivity index (χ0v) is 12.4. The fourth-order valence-corrected chi connectivity index (χ4v) is 2.71. The standard InChI is InChI=1S/C20H14N2O/c23-20(19-13-12-15-7-2-4-10-17(15)21-19)22-18-11-5-8-14-6-1-3-9-16(14)18/h1-13H,(H,22,23). The molecule has 1 heterocycles. The highest BCUT2D eigenvalue weighted by atomic mass is 16.1. The van der Waals surface area contributed by atoms with E-state index in [2.05, 4.69) is 10.3 Å². The molecule has 0 aliphatic rings. The molecule has 3 aromatic carbocycles. The quantitative estimate of drug-likeness (QED) is 0.585. The second-order valence-electron chi connectivity index (χ2n) is 5.37. The molecule has 3 heteroatoms. The van der Waals surface area contributed by atoms with Gasteiger partial charge in [-0.05, 0) is 23.6 Å². The first kappa shape index (κ1) is 13.5. The lowest BCUT2D eigenvalue weighted by atomic mass is 10.1. The number of pyridine rings is 1. The smallest absolute Gasteiger partial charge is 0.274 e. The van der Waals surface area contributed by atoms with Crippen molar-refractivity contribution in [1.82, 2.24) is 4.98 Å². The van der Waals surface area contributed by atoms with Gasteiger partial charge in [-0.25, -0.2) is 4.98 Å². The van der Waals surface area contributed by atoms with E-state index in [0.717, 1.165) is 27.4 Å². The van der Waals surface area contributed by atoms with Crippen LogP contribution in [0.4, 0.5) is 5.69 Å². The van der Waals surface area contributed by atoms with E-state index in [1.54, 1.807) is 6.07 Å². The topological polar surface area (TPSA) is 42.0 Å². The average molecular weight is 298 g/mol. The highest BCUT2D eigenvalue weighted by molar-refractivity contribution is 6.08. The van der Waals surface area contributed by atoms with Crippen LogP contribution in [0.1, 0.15) is 10.5 Å². The van der Waals surface area contributed by atoms with Crippen molar-refractivity contribution in [3.63, 3.8) is 0 Å². The van der Waals surface area contributed by atoms with Crippen molar-refractivity contribution in [1.29, 1.82) is 0 Å². The predicted octanol–water partition coefficient (Wildman–Crippen LogP) is 4.64. The molecular weight excluding hydrogens is 284 g/mol. The van der Waals surface area contributed by atoms with Gasteiger partial charge in [0.15, 0.2) is 0 Å². The van der Waals surface area contributed by atoms with E-state index in [4.69, 9.17) is 0 Å². The number of rotatable bonds is 2. The van der Waals surface area contributed by atoms with Gasteiger partial charge in [0.1, 0.15) is 5.69 Å². The largest absolute Gasteiger partial charge is 0.320 e. The van der Waals surface area contributed by atoms with E-state index in [1.165, 1.54) is 0 Å². The van der Waals surface area contributed by atoms with E-state index >= 15 is 0 Å². The Morgan fingerprint density at radius 3 is 2.39 bits per heavy atom. The molecule has 0 radical (unpaired) electrons. The van der Waals surface area contributed by atoms with Crippen molar-refractivity contribution in [2.45, 2.75) is 0 Å². The Balaban J connectivity index is 1.70. The molecule has 4 aromatic rings. The molecule has 23 heavy (non-hydrogen) atoms. The molecule has 110 valence electrons. The molecular formula is C20H14N2O. The number of fused-ring (bicyclic) bond motifs is 2. The maximum Gasteiger partial charge on any atom is 0.274 e. The van der Waals surface area contributed by atoms with Gasteiger partial charge in [0.2, 0.25) is 0 Å². The summed E-state index contributed by atoms with van der Waals surface area (Å²) >= 11 is 0. The van der Waals surface area contributed by atoms with Crippen LogP contribution in [0.3, 0.4) is 0 Å². The second kappa shape index (κ2) is 5.54. The number of hydrogen-bond donors (Lipinski definition) is 1. The van der Waals surface area contributed by atoms with E-state index < -0.39 is 0 Å². The SMILES string of the molecule is O=C(Nc1cccc2ccccc12)c1ccc2ccccc2n1. The van der Waals surface area contributed by atoms with Crippen LogP contribution in [-0.4, -0.2) is 10.9 Å². The Hall–Kier alpha value is -3.20. The van der Waals surface area contributed by atoms with Crippen LogP contribution in [0.25, 0.3) is 21.7 Å². The molecule has 1 amide bonds. The number of nitrogens with zero attached hydrogens (tertiary/aromatic N) is 1. The molecule has 0 bridgehead atoms. The van der Waals surface area contributed by atoms with Gasteiger partial charge in [0, 0.05) is 16.5 Å². The van der Waals surface area contributed by atoms with Crippen molar-refractivity contribution in [2.24, 2.45) is 0 Å². The van der Waals surface area contributed by atoms with Gasteiger partial charge in [-0.1, -0.05) is 60.7 Å². The van der Waals surface area contributed by atoms with Crippen LogP contribution in [-0.2, 0) is 0 Å². The number of para-hydroxylation sites is 1. The number of nitrogens with one attached hydrogen (secondary N) is 1. The number of carbonyl (C=O) groups is 1. The van der Waals surface area contributed by atoms with Crippen molar-refractivity contribution in [3.05, 3.63) is 84.6 Å². The number of hydrogen-bond acceptors (Lipinski definition) is 2. The molecule has 1 N–H and O–H groups in total. The zero-order chi connectivity index (χ0) is 15.6. The van der Waals surface area contributed by atoms with Crippen LogP contribution in [0.15, 0.2) is 78.9 Å². The van der Waals surface area contributed by atoms with Gasteiger partial charge in [0.25, 0.3) is 5.91 Å². The predicted molar refractivity (Wildman–Crippen MR) is 93.6 cm³/mol. The third kappa shape index (κ3) is 2.53. The monoisotopic (exact) mass is 298 g/mol. The van der Waals surface area contributed by atoms with Gasteiger partial charge in [-0.15, -0.1) is 0 Å². The summed E-state index contributed by atoms with van der Waals surface area (Å²) in [7, 11) is 0. The minimum Gasteiger partial charge on any atom is -0.320 e. The maximum atomic E-state index is 12.5. The van der Waals surface area contributed by atoms with Gasteiger partial charge in [-0.3, -0.25) is 4.79 Å². The molecule has 0 atom stereocenters. The molecule has 0 saturated carbocycles. The van der Waals surface area contributed by atoms with Gasteiger partial charge in [-0.2, -0.15) is 0 Å². The highest BCUT2D eigenvalue weighted by Crippen LogP contribution is 2.23. The Morgan fingerprint density at radius 2 is 1.48 bits per heavy atom. The summed E-state index contributed by atoms with van der Waals surface area (Å²) in [6, 6.07) is 25.3. The third-order valence-corrected chi connectivity index (χ3v) is 3.87. The van der Waals surface area contributed by atoms with Crippen LogP contribution in [0.5, 0.6) is 0 Å². The fraction of sp³-hybridized carbons (Fsp3) is 0. The summed E-state index contributed by atoms with van der Waals surface area (Å²) in [5.41, 5.74) is 2.03. The zero-order valence-electron chi connectivity index (χ0n) is 12.4. The lowest BCUT2D eigenvalue weighted by molar-refractivity contribution is 0.102. The minimum absolute atomic E-state index is 0.202. The summed E-state index contributed by atoms with van der Waals surface area (Å²) in [5.74, 6) is -0.202. The maximum absolute atomic E-state index is 12.5. The summed E-state index contributed by atoms with van der Waals surface area (Å²) in [5, 5.41) is 6.10. The number of anilines is 1. The lowest BCUT2D eigenvalue weighted by Crippen LogP contribution is -2.13. The van der Waals surface area contributed by atoms with Crippen molar-refractivity contribution in [2.75, 3.05) is 5.32 Å². The summed E-state index contributed by atoms with van der Waals surface area (Å²) in [4.78, 5) is 17.0. The van der Waals surface area contributed by atoms with Crippen molar-refractivity contribution >= 4 is 33.3 Å². The fourth-order valence-electron chi connectivity index (χ4n) is 2.71. The normalized spacial score (nSPS) is 10.8. The Kier molecular flexibility index (Phi) is 3.24. The first-order valence-corrected chi connectivity index (χ1v) is 7.46. The Labute approximate surface area is 133 Å². The Morgan fingerprint density at radius 1 is 0.739 bits per heavy atom. The van der Waals surface area contributed by atoms with E-state index in [0.29, 0.717) is 5.69 Å². The van der Waals surface area contributed by atoms with Gasteiger partial charge >= 0.3 is 0 Å². The molecule has 0 aliphatic carbocycles. The van der Waals surface area contributed by atoms with Crippen LogP contribution in [0.2, 0.25) is 0 Å². The molecule has 0 aliphatic heterocycles. The van der Waals surface area contributed by atoms with Gasteiger partial charge < -0.3 is 5.32 Å². The summed E-state index contributed by atoms with van der Waals surface area (Å²) < 4.78 is 0. The molecule has 3 nitrogen and oxygen atoms in total. The van der Waals surface area contributed by atoms with E-state index in [9.17, 15) is 4.79 Å². The second-order valence-corrected chi connectivity index (χ2v) is 5.37. The van der Waals surface area contributed by atoms with Crippen LogP contribution in [0, 0.1) is 0 Å². The Bertz CT molecular complexity index is 1020. The van der Waals surface area contributed by atoms with Crippen LogP contribution < -0.4 is 5.32 Å². The minimum atomic E-state index is -0.202. The third-order valence-electron chi connectivity index (χ3n) is 3.87. The summed E-state index contributed by atoms with van der Waals surface area (Å²) in [6.07, 6.45) is 0. The van der Waals surface area contributed by atoms with E-state index in [-0.39, 0.29) is 5.91 Å². The molecule has 1 aromatic heterocycles. The number of amides is 1. The molecule has 0 saturated heterocycles. The lowest BCUT2D eigenvalue weighted by Gasteiger charge is -2.09. The number of aromatic nitrogens is 1. The molecule has 0 unspecified atom stereocenters. The average Bonchev–Trinajstić information content (AvgIpc) is 2.61. The van der Waals surface area contributed by atoms with Crippen molar-refractivity contribution in [3.8, 4) is 0 Å².